The Balaban J connectivity index is 1.68. The monoisotopic (exact) mass is 447 g/mol. The van der Waals surface area contributed by atoms with Crippen LogP contribution in [0.1, 0.15) is 51.0 Å². The molecule has 2 aromatic carbocycles. The number of aromatic nitrogens is 1. The lowest BCUT2D eigenvalue weighted by molar-refractivity contribution is -0.384. The molecular formula is C25H25N3O3S. The Bertz CT molecular complexity index is 1280. The summed E-state index contributed by atoms with van der Waals surface area (Å²) in [6.45, 7) is 0. The molecule has 0 saturated heterocycles. The zero-order valence-electron chi connectivity index (χ0n) is 17.8. The molecule has 164 valence electrons. The molecule has 0 atom stereocenters. The molecule has 4 aromatic rings. The number of benzene rings is 2. The summed E-state index contributed by atoms with van der Waals surface area (Å²) >= 11 is 1.52. The summed E-state index contributed by atoms with van der Waals surface area (Å²) in [5.41, 5.74) is 2.26. The minimum Gasteiger partial charge on any atom is -0.454 e. The van der Waals surface area contributed by atoms with Crippen molar-refractivity contribution in [3.05, 3.63) is 74.9 Å². The smallest absolute Gasteiger partial charge is 0.294 e. The maximum absolute atomic E-state index is 11.5. The topological polar surface area (TPSA) is 73.6 Å². The van der Waals surface area contributed by atoms with Crippen molar-refractivity contribution in [3.8, 4) is 11.5 Å². The number of rotatable bonds is 4. The van der Waals surface area contributed by atoms with E-state index in [0.29, 0.717) is 11.7 Å². The van der Waals surface area contributed by atoms with Gasteiger partial charge in [0.2, 0.25) is 0 Å². The van der Waals surface area contributed by atoms with Gasteiger partial charge in [-0.2, -0.15) is 0 Å². The SMILES string of the molecule is O=[N+]([O-])c1ccccc1N=c1scc(-c2cc3ccccc3o2)n1C1CCCCCCC1. The maximum Gasteiger partial charge on any atom is 0.294 e. The Labute approximate surface area is 190 Å². The fraction of sp³-hybridized carbons (Fsp3) is 0.320. The van der Waals surface area contributed by atoms with Gasteiger partial charge in [0.15, 0.2) is 10.6 Å². The van der Waals surface area contributed by atoms with Gasteiger partial charge in [0.25, 0.3) is 5.69 Å². The molecule has 1 fully saturated rings. The third-order valence-electron chi connectivity index (χ3n) is 6.15. The molecule has 1 aliphatic carbocycles. The van der Waals surface area contributed by atoms with E-state index in [1.54, 1.807) is 18.2 Å². The van der Waals surface area contributed by atoms with Gasteiger partial charge < -0.3 is 8.98 Å². The molecule has 6 nitrogen and oxygen atoms in total. The predicted octanol–water partition coefficient (Wildman–Crippen LogP) is 7.39. The summed E-state index contributed by atoms with van der Waals surface area (Å²) in [4.78, 5) is 16.7. The van der Waals surface area contributed by atoms with Gasteiger partial charge in [-0.1, -0.05) is 62.4 Å². The average molecular weight is 448 g/mol. The van der Waals surface area contributed by atoms with Crippen LogP contribution in [0, 0.1) is 10.1 Å². The van der Waals surface area contributed by atoms with Gasteiger partial charge >= 0.3 is 0 Å². The number of para-hydroxylation sites is 3. The number of hydrogen-bond acceptors (Lipinski definition) is 5. The average Bonchev–Trinajstić information content (AvgIpc) is 3.38. The van der Waals surface area contributed by atoms with Gasteiger partial charge in [-0.25, -0.2) is 4.99 Å². The maximum atomic E-state index is 11.5. The van der Waals surface area contributed by atoms with E-state index in [2.05, 4.69) is 16.0 Å². The quantitative estimate of drug-likeness (QED) is 0.242. The zero-order valence-corrected chi connectivity index (χ0v) is 18.6. The van der Waals surface area contributed by atoms with Gasteiger partial charge in [-0.05, 0) is 31.0 Å². The molecule has 0 aliphatic heterocycles. The van der Waals surface area contributed by atoms with Crippen LogP contribution in [0.2, 0.25) is 0 Å². The Kier molecular flexibility index (Phi) is 5.90. The van der Waals surface area contributed by atoms with Crippen LogP contribution < -0.4 is 4.80 Å². The first-order chi connectivity index (χ1) is 15.7. The second-order valence-corrected chi connectivity index (χ2v) is 9.12. The first-order valence-corrected chi connectivity index (χ1v) is 12.1. The molecule has 7 heteroatoms. The predicted molar refractivity (Wildman–Crippen MR) is 127 cm³/mol. The summed E-state index contributed by atoms with van der Waals surface area (Å²) < 4.78 is 8.47. The Morgan fingerprint density at radius 3 is 2.50 bits per heavy atom. The van der Waals surface area contributed by atoms with Crippen LogP contribution >= 0.6 is 11.3 Å². The standard InChI is InChI=1S/C25H25N3O3S/c29-28(30)21-14-8-7-13-20(21)26-25-27(19-11-4-2-1-3-5-12-19)22(17-32-25)24-16-18-10-6-9-15-23(18)31-24/h6-10,13-17,19H,1-5,11-12H2. The molecule has 0 N–H and O–H groups in total. The van der Waals surface area contributed by atoms with Crippen molar-refractivity contribution < 1.29 is 9.34 Å². The second-order valence-electron chi connectivity index (χ2n) is 8.28. The van der Waals surface area contributed by atoms with Crippen molar-refractivity contribution in [1.82, 2.24) is 4.57 Å². The lowest BCUT2D eigenvalue weighted by Gasteiger charge is -2.23. The van der Waals surface area contributed by atoms with Crippen molar-refractivity contribution in [2.45, 2.75) is 51.0 Å². The fourth-order valence-corrected chi connectivity index (χ4v) is 5.51. The highest BCUT2D eigenvalue weighted by Gasteiger charge is 2.22. The van der Waals surface area contributed by atoms with E-state index >= 15 is 0 Å². The van der Waals surface area contributed by atoms with Crippen LogP contribution in [-0.4, -0.2) is 9.49 Å². The highest BCUT2D eigenvalue weighted by molar-refractivity contribution is 7.07. The lowest BCUT2D eigenvalue weighted by Crippen LogP contribution is -2.22. The molecule has 0 radical (unpaired) electrons. The number of nitro groups is 1. The van der Waals surface area contributed by atoms with E-state index in [0.717, 1.165) is 40.1 Å². The summed E-state index contributed by atoms with van der Waals surface area (Å²) in [6.07, 6.45) is 8.30. The molecule has 5 rings (SSSR count). The third kappa shape index (κ3) is 4.12. The fourth-order valence-electron chi connectivity index (χ4n) is 4.55. The van der Waals surface area contributed by atoms with Gasteiger partial charge in [-0.15, -0.1) is 11.3 Å². The summed E-state index contributed by atoms with van der Waals surface area (Å²) in [5.74, 6) is 0.813. The van der Waals surface area contributed by atoms with Crippen molar-refractivity contribution in [2.75, 3.05) is 0 Å². The van der Waals surface area contributed by atoms with Crippen LogP contribution in [0.15, 0.2) is 69.4 Å². The van der Waals surface area contributed by atoms with Crippen LogP contribution in [0.25, 0.3) is 22.4 Å². The van der Waals surface area contributed by atoms with Gasteiger partial charge in [0.05, 0.1) is 10.6 Å². The van der Waals surface area contributed by atoms with E-state index in [1.807, 2.05) is 24.3 Å². The van der Waals surface area contributed by atoms with E-state index in [1.165, 1.54) is 49.5 Å². The number of nitro benzene ring substituents is 1. The lowest BCUT2D eigenvalue weighted by atomic mass is 9.96. The van der Waals surface area contributed by atoms with E-state index in [9.17, 15) is 10.1 Å². The Morgan fingerprint density at radius 2 is 1.72 bits per heavy atom. The molecule has 2 aromatic heterocycles. The van der Waals surface area contributed by atoms with Crippen LogP contribution in [0.3, 0.4) is 0 Å². The molecule has 2 heterocycles. The highest BCUT2D eigenvalue weighted by atomic mass is 32.1. The van der Waals surface area contributed by atoms with Crippen molar-refractivity contribution in [3.63, 3.8) is 0 Å². The van der Waals surface area contributed by atoms with Crippen LogP contribution in [0.4, 0.5) is 11.4 Å². The van der Waals surface area contributed by atoms with Crippen LogP contribution in [-0.2, 0) is 0 Å². The third-order valence-corrected chi connectivity index (χ3v) is 6.99. The normalized spacial score (nSPS) is 16.2. The molecule has 0 spiro atoms. The molecule has 0 unspecified atom stereocenters. The first kappa shape index (κ1) is 20.7. The van der Waals surface area contributed by atoms with E-state index in [4.69, 9.17) is 9.41 Å². The molecular weight excluding hydrogens is 422 g/mol. The molecule has 32 heavy (non-hydrogen) atoms. The molecule has 1 saturated carbocycles. The Hall–Kier alpha value is -3.19. The first-order valence-electron chi connectivity index (χ1n) is 11.2. The van der Waals surface area contributed by atoms with E-state index in [-0.39, 0.29) is 10.6 Å². The van der Waals surface area contributed by atoms with Crippen molar-refractivity contribution in [1.29, 1.82) is 0 Å². The summed E-state index contributed by atoms with van der Waals surface area (Å²) in [5, 5.41) is 14.7. The van der Waals surface area contributed by atoms with Gasteiger partial charge in [-0.3, -0.25) is 10.1 Å². The Morgan fingerprint density at radius 1 is 1.00 bits per heavy atom. The van der Waals surface area contributed by atoms with E-state index < -0.39 is 0 Å². The molecule has 1 aliphatic rings. The minimum atomic E-state index is -0.368. The van der Waals surface area contributed by atoms with Crippen molar-refractivity contribution in [2.24, 2.45) is 4.99 Å². The van der Waals surface area contributed by atoms with Gasteiger partial charge in [0, 0.05) is 22.9 Å². The minimum absolute atomic E-state index is 0.0235. The largest absolute Gasteiger partial charge is 0.454 e. The number of fused-ring (bicyclic) bond motifs is 1. The second kappa shape index (κ2) is 9.12. The number of hydrogen-bond donors (Lipinski definition) is 0. The number of nitrogens with zero attached hydrogens (tertiary/aromatic N) is 3. The van der Waals surface area contributed by atoms with Crippen LogP contribution in [0.5, 0.6) is 0 Å². The zero-order chi connectivity index (χ0) is 21.9. The van der Waals surface area contributed by atoms with Crippen molar-refractivity contribution >= 4 is 33.7 Å². The summed E-state index contributed by atoms with van der Waals surface area (Å²) in [7, 11) is 0. The molecule has 0 bridgehead atoms. The summed E-state index contributed by atoms with van der Waals surface area (Å²) in [6, 6.07) is 17.1. The highest BCUT2D eigenvalue weighted by Crippen LogP contribution is 2.34. The number of thiazole rings is 1. The van der Waals surface area contributed by atoms with Gasteiger partial charge in [0.1, 0.15) is 11.3 Å². The molecule has 0 amide bonds. The number of furan rings is 1.